The third-order valence-electron chi connectivity index (χ3n) is 3.91. The van der Waals surface area contributed by atoms with Crippen molar-refractivity contribution in [3.63, 3.8) is 0 Å². The van der Waals surface area contributed by atoms with Gasteiger partial charge in [0.15, 0.2) is 0 Å². The highest BCUT2D eigenvalue weighted by atomic mass is 19.3. The maximum atomic E-state index is 12.9. The van der Waals surface area contributed by atoms with E-state index < -0.39 is 13.0 Å². The summed E-state index contributed by atoms with van der Waals surface area (Å²) in [6.45, 7) is -0.607. The van der Waals surface area contributed by atoms with Gasteiger partial charge in [-0.2, -0.15) is 0 Å². The van der Waals surface area contributed by atoms with E-state index in [4.69, 9.17) is 0 Å². The Balaban J connectivity index is 1.63. The predicted molar refractivity (Wildman–Crippen MR) is 79.5 cm³/mol. The topological polar surface area (TPSA) is 42.0 Å². The van der Waals surface area contributed by atoms with Crippen molar-refractivity contribution >= 4 is 5.91 Å². The van der Waals surface area contributed by atoms with Crippen molar-refractivity contribution in [3.8, 4) is 11.3 Å². The van der Waals surface area contributed by atoms with E-state index in [9.17, 15) is 18.0 Å². The number of pyridine rings is 1. The summed E-state index contributed by atoms with van der Waals surface area (Å²) >= 11 is 0. The van der Waals surface area contributed by atoms with Crippen LogP contribution in [0.4, 0.5) is 13.2 Å². The lowest BCUT2D eigenvalue weighted by Crippen LogP contribution is -2.30. The van der Waals surface area contributed by atoms with Crippen LogP contribution in [0.1, 0.15) is 17.9 Å². The molecule has 120 valence electrons. The zero-order valence-electron chi connectivity index (χ0n) is 12.2. The second-order valence-corrected chi connectivity index (χ2v) is 5.57. The Morgan fingerprint density at radius 3 is 2.57 bits per heavy atom. The molecular formula is C17H15F3N2O. The van der Waals surface area contributed by atoms with E-state index in [1.165, 1.54) is 12.1 Å². The predicted octanol–water partition coefficient (Wildman–Crippen LogP) is 3.37. The lowest BCUT2D eigenvalue weighted by Gasteiger charge is -2.05. The van der Waals surface area contributed by atoms with E-state index in [2.05, 4.69) is 10.3 Å². The van der Waals surface area contributed by atoms with Crippen LogP contribution in [0, 0.1) is 11.7 Å². The van der Waals surface area contributed by atoms with Gasteiger partial charge in [0, 0.05) is 17.7 Å². The standard InChI is InChI=1S/C17H15F3N2O/c18-12-4-1-10(2-5-12)15-6-3-11(8-21-15)13-7-14(13)17(23)22-9-16(19)20/h1-6,8,13-14,16H,7,9H2,(H,22,23)/t13-,14+/m0/s1. The monoisotopic (exact) mass is 320 g/mol. The molecule has 1 N–H and O–H groups in total. The molecule has 1 amide bonds. The highest BCUT2D eigenvalue weighted by molar-refractivity contribution is 5.82. The molecule has 3 rings (SSSR count). The Kier molecular flexibility index (Phi) is 4.32. The minimum Gasteiger partial charge on any atom is -0.350 e. The van der Waals surface area contributed by atoms with Gasteiger partial charge in [-0.3, -0.25) is 9.78 Å². The molecule has 1 saturated carbocycles. The first-order chi connectivity index (χ1) is 11.0. The van der Waals surface area contributed by atoms with Crippen molar-refractivity contribution in [2.75, 3.05) is 6.54 Å². The number of hydrogen-bond acceptors (Lipinski definition) is 2. The molecule has 1 aliphatic carbocycles. The van der Waals surface area contributed by atoms with Gasteiger partial charge in [-0.1, -0.05) is 6.07 Å². The van der Waals surface area contributed by atoms with Crippen molar-refractivity contribution in [2.24, 2.45) is 5.92 Å². The zero-order valence-corrected chi connectivity index (χ0v) is 12.2. The third kappa shape index (κ3) is 3.70. The molecule has 0 unspecified atom stereocenters. The zero-order chi connectivity index (χ0) is 16.4. The number of hydrogen-bond donors (Lipinski definition) is 1. The normalized spacial score (nSPS) is 19.7. The highest BCUT2D eigenvalue weighted by Crippen LogP contribution is 2.47. The Labute approximate surface area is 131 Å². The second-order valence-electron chi connectivity index (χ2n) is 5.57. The summed E-state index contributed by atoms with van der Waals surface area (Å²) in [6.07, 6.45) is -0.205. The van der Waals surface area contributed by atoms with Gasteiger partial charge < -0.3 is 5.32 Å². The van der Waals surface area contributed by atoms with Crippen LogP contribution in [0.5, 0.6) is 0 Å². The van der Waals surface area contributed by atoms with E-state index in [0.29, 0.717) is 12.1 Å². The molecule has 1 aromatic carbocycles. The smallest absolute Gasteiger partial charge is 0.255 e. The number of alkyl halides is 2. The summed E-state index contributed by atoms with van der Waals surface area (Å²) in [7, 11) is 0. The van der Waals surface area contributed by atoms with Gasteiger partial charge in [-0.15, -0.1) is 0 Å². The fraction of sp³-hybridized carbons (Fsp3) is 0.294. The fourth-order valence-electron chi connectivity index (χ4n) is 2.58. The van der Waals surface area contributed by atoms with Crippen LogP contribution >= 0.6 is 0 Å². The van der Waals surface area contributed by atoms with E-state index in [1.807, 2.05) is 12.1 Å². The first-order valence-corrected chi connectivity index (χ1v) is 7.32. The van der Waals surface area contributed by atoms with Crippen molar-refractivity contribution in [1.29, 1.82) is 0 Å². The molecule has 6 heteroatoms. The maximum Gasteiger partial charge on any atom is 0.255 e. The molecule has 0 saturated heterocycles. The van der Waals surface area contributed by atoms with Crippen LogP contribution in [-0.2, 0) is 4.79 Å². The Bertz CT molecular complexity index is 686. The molecule has 3 nitrogen and oxygen atoms in total. The number of benzene rings is 1. The lowest BCUT2D eigenvalue weighted by atomic mass is 10.1. The SMILES string of the molecule is O=C(NCC(F)F)[C@@H]1C[C@H]1c1ccc(-c2ccc(F)cc2)nc1. The van der Waals surface area contributed by atoms with Crippen molar-refractivity contribution in [1.82, 2.24) is 10.3 Å². The van der Waals surface area contributed by atoms with E-state index in [1.54, 1.807) is 18.3 Å². The highest BCUT2D eigenvalue weighted by Gasteiger charge is 2.44. The van der Waals surface area contributed by atoms with Gasteiger partial charge in [0.25, 0.3) is 6.43 Å². The largest absolute Gasteiger partial charge is 0.350 e. The lowest BCUT2D eigenvalue weighted by molar-refractivity contribution is -0.123. The Morgan fingerprint density at radius 2 is 1.96 bits per heavy atom. The van der Waals surface area contributed by atoms with Gasteiger partial charge >= 0.3 is 0 Å². The summed E-state index contributed by atoms with van der Waals surface area (Å²) in [4.78, 5) is 16.0. The molecule has 1 fully saturated rings. The molecule has 1 aliphatic rings. The number of carbonyl (C=O) groups excluding carboxylic acids is 1. The first kappa shape index (κ1) is 15.5. The van der Waals surface area contributed by atoms with Crippen molar-refractivity contribution < 1.29 is 18.0 Å². The van der Waals surface area contributed by atoms with Gasteiger partial charge in [0.1, 0.15) is 5.82 Å². The Morgan fingerprint density at radius 1 is 1.22 bits per heavy atom. The van der Waals surface area contributed by atoms with Crippen molar-refractivity contribution in [3.05, 3.63) is 54.0 Å². The third-order valence-corrected chi connectivity index (χ3v) is 3.91. The van der Waals surface area contributed by atoms with Crippen molar-refractivity contribution in [2.45, 2.75) is 18.8 Å². The van der Waals surface area contributed by atoms with Gasteiger partial charge in [0.05, 0.1) is 12.2 Å². The molecule has 0 spiro atoms. The van der Waals surface area contributed by atoms with E-state index in [-0.39, 0.29) is 23.6 Å². The van der Waals surface area contributed by atoms with Crippen LogP contribution in [0.2, 0.25) is 0 Å². The van der Waals surface area contributed by atoms with Gasteiger partial charge in [-0.05, 0) is 48.2 Å². The minimum absolute atomic E-state index is 0.0300. The quantitative estimate of drug-likeness (QED) is 0.918. The number of rotatable bonds is 5. The minimum atomic E-state index is -2.53. The molecule has 1 heterocycles. The summed E-state index contributed by atoms with van der Waals surface area (Å²) < 4.78 is 37.1. The number of aromatic nitrogens is 1. The van der Waals surface area contributed by atoms with Crippen LogP contribution in [0.25, 0.3) is 11.3 Å². The van der Waals surface area contributed by atoms with E-state index >= 15 is 0 Å². The molecule has 23 heavy (non-hydrogen) atoms. The van der Waals surface area contributed by atoms with Gasteiger partial charge in [0.2, 0.25) is 5.91 Å². The van der Waals surface area contributed by atoms with Crippen LogP contribution in [-0.4, -0.2) is 23.9 Å². The summed E-state index contributed by atoms with van der Waals surface area (Å²) in [5, 5.41) is 2.24. The van der Waals surface area contributed by atoms with Crippen LogP contribution in [0.15, 0.2) is 42.6 Å². The summed E-state index contributed by atoms with van der Waals surface area (Å²) in [6, 6.07) is 9.72. The molecule has 2 aromatic rings. The van der Waals surface area contributed by atoms with Gasteiger partial charge in [-0.25, -0.2) is 13.2 Å². The first-order valence-electron chi connectivity index (χ1n) is 7.32. The Hall–Kier alpha value is -2.37. The number of halogens is 3. The maximum absolute atomic E-state index is 12.9. The number of nitrogens with one attached hydrogen (secondary N) is 1. The molecule has 0 radical (unpaired) electrons. The number of nitrogens with zero attached hydrogens (tertiary/aromatic N) is 1. The molecular weight excluding hydrogens is 305 g/mol. The fourth-order valence-corrected chi connectivity index (χ4v) is 2.58. The van der Waals surface area contributed by atoms with Crippen LogP contribution < -0.4 is 5.32 Å². The molecule has 0 bridgehead atoms. The van der Waals surface area contributed by atoms with Crippen LogP contribution in [0.3, 0.4) is 0 Å². The summed E-state index contributed by atoms with van der Waals surface area (Å²) in [5.41, 5.74) is 2.43. The average Bonchev–Trinajstić information content (AvgIpc) is 3.34. The number of amides is 1. The molecule has 2 atom stereocenters. The summed E-state index contributed by atoms with van der Waals surface area (Å²) in [5.74, 6) is -0.867. The number of carbonyl (C=O) groups is 1. The molecule has 0 aliphatic heterocycles. The van der Waals surface area contributed by atoms with E-state index in [0.717, 1.165) is 11.1 Å². The molecule has 1 aromatic heterocycles. The second kappa shape index (κ2) is 6.40. The average molecular weight is 320 g/mol.